The molecule has 8 atom stereocenters. The second-order valence-corrected chi connectivity index (χ2v) is 9.43. The topological polar surface area (TPSA) is 46.2 Å². The van der Waals surface area contributed by atoms with Crippen LogP contribution in [0.2, 0.25) is 0 Å². The highest BCUT2D eigenvalue weighted by atomic mass is 16.3. The highest BCUT2D eigenvalue weighted by molar-refractivity contribution is 5.22. The molecule has 4 aliphatic carbocycles. The summed E-state index contributed by atoms with van der Waals surface area (Å²) in [6.45, 7) is 9.34. The van der Waals surface area contributed by atoms with Gasteiger partial charge in [0.2, 0.25) is 0 Å². The predicted molar refractivity (Wildman–Crippen MR) is 90.2 cm³/mol. The van der Waals surface area contributed by atoms with Crippen LogP contribution in [0.25, 0.3) is 0 Å². The van der Waals surface area contributed by atoms with E-state index in [4.69, 9.17) is 5.73 Å². The molecule has 0 aliphatic heterocycles. The zero-order valence-corrected chi connectivity index (χ0v) is 14.4. The molecular formula is C20H33NO. The van der Waals surface area contributed by atoms with E-state index in [0.717, 1.165) is 12.8 Å². The van der Waals surface area contributed by atoms with Crippen molar-refractivity contribution >= 4 is 0 Å². The van der Waals surface area contributed by atoms with Gasteiger partial charge in [0.25, 0.3) is 0 Å². The minimum Gasteiger partial charge on any atom is -0.393 e. The van der Waals surface area contributed by atoms with Crippen molar-refractivity contribution < 1.29 is 5.11 Å². The van der Waals surface area contributed by atoms with Crippen molar-refractivity contribution in [2.24, 2.45) is 40.2 Å². The van der Waals surface area contributed by atoms with E-state index in [9.17, 15) is 5.11 Å². The molecule has 4 fully saturated rings. The van der Waals surface area contributed by atoms with E-state index in [1.54, 1.807) is 0 Å². The van der Waals surface area contributed by atoms with Crippen molar-refractivity contribution in [1.29, 1.82) is 0 Å². The lowest BCUT2D eigenvalue weighted by Crippen LogP contribution is -2.58. The number of allylic oxidation sites excluding steroid dienone is 1. The van der Waals surface area contributed by atoms with Crippen LogP contribution in [-0.2, 0) is 0 Å². The molecule has 0 amide bonds. The number of hydrogen-bond acceptors (Lipinski definition) is 2. The zero-order chi connectivity index (χ0) is 15.7. The highest BCUT2D eigenvalue weighted by Crippen LogP contribution is 2.66. The third-order valence-corrected chi connectivity index (χ3v) is 8.68. The van der Waals surface area contributed by atoms with Crippen LogP contribution >= 0.6 is 0 Å². The van der Waals surface area contributed by atoms with Gasteiger partial charge in [0.15, 0.2) is 0 Å². The minimum atomic E-state index is -0.108. The largest absolute Gasteiger partial charge is 0.393 e. The van der Waals surface area contributed by atoms with E-state index in [1.807, 2.05) is 0 Å². The maximum absolute atomic E-state index is 11.0. The Balaban J connectivity index is 1.69. The number of nitrogens with two attached hydrogens (primary N) is 1. The summed E-state index contributed by atoms with van der Waals surface area (Å²) in [7, 11) is 0. The average molecular weight is 303 g/mol. The van der Waals surface area contributed by atoms with Crippen LogP contribution in [0.15, 0.2) is 12.2 Å². The van der Waals surface area contributed by atoms with E-state index in [1.165, 1.54) is 44.1 Å². The van der Waals surface area contributed by atoms with E-state index in [-0.39, 0.29) is 6.10 Å². The Hall–Kier alpha value is -0.340. The molecule has 2 heteroatoms. The first-order valence-corrected chi connectivity index (χ1v) is 9.48. The Labute approximate surface area is 135 Å². The van der Waals surface area contributed by atoms with Crippen molar-refractivity contribution in [3.63, 3.8) is 0 Å². The van der Waals surface area contributed by atoms with Crippen molar-refractivity contribution in [2.75, 3.05) is 0 Å². The molecule has 0 aromatic carbocycles. The molecule has 4 aliphatic rings. The summed E-state index contributed by atoms with van der Waals surface area (Å²) in [6, 6.07) is 0.363. The fraction of sp³-hybridized carbons (Fsp3) is 0.900. The van der Waals surface area contributed by atoms with Crippen molar-refractivity contribution in [3.8, 4) is 0 Å². The minimum absolute atomic E-state index is 0.108. The SMILES string of the molecule is C=C1CCC2C3C(O)CC4CC(N)CCC4(C)C3CCC12C. The molecule has 0 aromatic heterocycles. The smallest absolute Gasteiger partial charge is 0.0577 e. The standard InChI is InChI=1S/C20H33NO/c1-12-4-5-15-18-16(7-9-19(12,15)2)20(3)8-6-14(21)10-13(20)11-17(18)22/h13-18,22H,1,4-11,21H2,2-3H3. The lowest BCUT2D eigenvalue weighted by molar-refractivity contribution is -0.155. The summed E-state index contributed by atoms with van der Waals surface area (Å²) in [4.78, 5) is 0. The Morgan fingerprint density at radius 3 is 2.64 bits per heavy atom. The molecular weight excluding hydrogens is 270 g/mol. The lowest BCUT2D eigenvalue weighted by atomic mass is 9.44. The predicted octanol–water partition coefficient (Wildman–Crippen LogP) is 3.88. The second kappa shape index (κ2) is 4.83. The molecule has 8 unspecified atom stereocenters. The Morgan fingerprint density at radius 1 is 1.09 bits per heavy atom. The first kappa shape index (κ1) is 15.2. The van der Waals surface area contributed by atoms with Crippen LogP contribution < -0.4 is 5.73 Å². The number of fused-ring (bicyclic) bond motifs is 5. The third-order valence-electron chi connectivity index (χ3n) is 8.68. The normalized spacial score (nSPS) is 57.9. The summed E-state index contributed by atoms with van der Waals surface area (Å²) < 4.78 is 0. The van der Waals surface area contributed by atoms with Gasteiger partial charge in [-0.1, -0.05) is 26.0 Å². The second-order valence-electron chi connectivity index (χ2n) is 9.43. The van der Waals surface area contributed by atoms with Crippen LogP contribution in [0.1, 0.15) is 65.2 Å². The van der Waals surface area contributed by atoms with Crippen molar-refractivity contribution in [3.05, 3.63) is 12.2 Å². The van der Waals surface area contributed by atoms with Crippen LogP contribution in [-0.4, -0.2) is 17.3 Å². The van der Waals surface area contributed by atoms with Gasteiger partial charge >= 0.3 is 0 Å². The molecule has 0 saturated heterocycles. The molecule has 4 rings (SSSR count). The molecule has 2 nitrogen and oxygen atoms in total. The molecule has 4 saturated carbocycles. The van der Waals surface area contributed by atoms with Gasteiger partial charge < -0.3 is 10.8 Å². The Kier molecular flexibility index (Phi) is 3.34. The average Bonchev–Trinajstić information content (AvgIpc) is 2.77. The van der Waals surface area contributed by atoms with Crippen LogP contribution in [0.3, 0.4) is 0 Å². The van der Waals surface area contributed by atoms with Gasteiger partial charge in [-0.05, 0) is 85.9 Å². The van der Waals surface area contributed by atoms with Gasteiger partial charge in [0.05, 0.1) is 6.10 Å². The fourth-order valence-corrected chi connectivity index (χ4v) is 7.16. The number of aliphatic hydroxyl groups is 1. The summed E-state index contributed by atoms with van der Waals surface area (Å²) in [6.07, 6.45) is 9.49. The van der Waals surface area contributed by atoms with Crippen LogP contribution in [0.4, 0.5) is 0 Å². The van der Waals surface area contributed by atoms with Crippen LogP contribution in [0, 0.1) is 34.5 Å². The van der Waals surface area contributed by atoms with Gasteiger partial charge in [-0.25, -0.2) is 0 Å². The molecule has 0 bridgehead atoms. The summed E-state index contributed by atoms with van der Waals surface area (Å²) in [5.41, 5.74) is 8.43. The molecule has 124 valence electrons. The summed E-state index contributed by atoms with van der Waals surface area (Å²) in [5, 5.41) is 11.0. The molecule has 3 N–H and O–H groups in total. The lowest BCUT2D eigenvalue weighted by Gasteiger charge is -2.62. The van der Waals surface area contributed by atoms with E-state index < -0.39 is 0 Å². The van der Waals surface area contributed by atoms with Crippen LogP contribution in [0.5, 0.6) is 0 Å². The first-order chi connectivity index (χ1) is 10.4. The molecule has 0 heterocycles. The van der Waals surface area contributed by atoms with Gasteiger partial charge in [-0.3, -0.25) is 0 Å². The van der Waals surface area contributed by atoms with Crippen molar-refractivity contribution in [1.82, 2.24) is 0 Å². The maximum Gasteiger partial charge on any atom is 0.0577 e. The molecule has 0 spiro atoms. The Morgan fingerprint density at radius 2 is 1.86 bits per heavy atom. The molecule has 0 aromatic rings. The fourth-order valence-electron chi connectivity index (χ4n) is 7.16. The van der Waals surface area contributed by atoms with Gasteiger partial charge in [0, 0.05) is 6.04 Å². The van der Waals surface area contributed by atoms with Gasteiger partial charge in [-0.15, -0.1) is 0 Å². The first-order valence-electron chi connectivity index (χ1n) is 9.48. The monoisotopic (exact) mass is 303 g/mol. The number of aliphatic hydroxyl groups excluding tert-OH is 1. The number of hydrogen-bond donors (Lipinski definition) is 2. The van der Waals surface area contributed by atoms with Gasteiger partial charge in [-0.2, -0.15) is 0 Å². The van der Waals surface area contributed by atoms with E-state index in [2.05, 4.69) is 20.4 Å². The number of rotatable bonds is 0. The molecule has 0 radical (unpaired) electrons. The van der Waals surface area contributed by atoms with Crippen molar-refractivity contribution in [2.45, 2.75) is 77.4 Å². The van der Waals surface area contributed by atoms with E-state index in [0.29, 0.717) is 40.5 Å². The molecule has 22 heavy (non-hydrogen) atoms. The maximum atomic E-state index is 11.0. The Bertz CT molecular complexity index is 488. The third kappa shape index (κ3) is 1.86. The van der Waals surface area contributed by atoms with Gasteiger partial charge in [0.1, 0.15) is 0 Å². The highest BCUT2D eigenvalue weighted by Gasteiger charge is 2.61. The summed E-state index contributed by atoms with van der Waals surface area (Å²) in [5.74, 6) is 2.52. The summed E-state index contributed by atoms with van der Waals surface area (Å²) >= 11 is 0. The van der Waals surface area contributed by atoms with E-state index >= 15 is 0 Å². The zero-order valence-electron chi connectivity index (χ0n) is 14.4. The quantitative estimate of drug-likeness (QED) is 0.667.